The van der Waals surface area contributed by atoms with E-state index >= 15 is 0 Å². The van der Waals surface area contributed by atoms with Crippen LogP contribution in [0.2, 0.25) is 5.02 Å². The largest absolute Gasteiger partial charge is 0.481 e. The van der Waals surface area contributed by atoms with Gasteiger partial charge < -0.3 is 5.11 Å². The minimum Gasteiger partial charge on any atom is -0.481 e. The van der Waals surface area contributed by atoms with Gasteiger partial charge >= 0.3 is 5.97 Å². The van der Waals surface area contributed by atoms with Gasteiger partial charge in [-0.25, -0.2) is 13.1 Å². The Hall–Kier alpha value is -1.63. The molecule has 0 bridgehead atoms. The number of benzene rings is 1. The van der Waals surface area contributed by atoms with E-state index in [1.165, 1.54) is 5.41 Å². The lowest BCUT2D eigenvalue weighted by molar-refractivity contribution is -0.137. The summed E-state index contributed by atoms with van der Waals surface area (Å²) in [6.45, 7) is 0. The molecule has 0 amide bonds. The number of allylic oxidation sites excluding steroid dienone is 2. The van der Waals surface area contributed by atoms with Gasteiger partial charge in [-0.15, -0.1) is 0 Å². The molecule has 0 spiro atoms. The first kappa shape index (κ1) is 22.7. The number of rotatable bonds is 10. The minimum absolute atomic E-state index is 0.0774. The van der Waals surface area contributed by atoms with E-state index in [0.29, 0.717) is 11.4 Å². The van der Waals surface area contributed by atoms with E-state index in [1.807, 2.05) is 6.08 Å². The van der Waals surface area contributed by atoms with Gasteiger partial charge in [-0.1, -0.05) is 48.7 Å². The first-order valence-corrected chi connectivity index (χ1v) is 11.6. The fourth-order valence-electron chi connectivity index (χ4n) is 3.43. The van der Waals surface area contributed by atoms with Crippen molar-refractivity contribution >= 4 is 33.7 Å². The summed E-state index contributed by atoms with van der Waals surface area (Å²) in [6, 6.07) is 6.96. The van der Waals surface area contributed by atoms with E-state index in [2.05, 4.69) is 10.8 Å². The number of halogens is 1. The number of unbranched alkanes of at least 4 members (excludes halogenated alkanes) is 1. The van der Waals surface area contributed by atoms with Gasteiger partial charge in [-0.3, -0.25) is 4.79 Å². The Labute approximate surface area is 172 Å². The lowest BCUT2D eigenvalue weighted by Crippen LogP contribution is -2.41. The van der Waals surface area contributed by atoms with E-state index in [4.69, 9.17) is 16.7 Å². The number of aliphatic carboxylic acids is 1. The molecule has 1 saturated carbocycles. The molecule has 7 heteroatoms. The highest BCUT2D eigenvalue weighted by atomic mass is 35.5. The summed E-state index contributed by atoms with van der Waals surface area (Å²) < 4.78 is 27.8. The Kier molecular flexibility index (Phi) is 9.22. The Morgan fingerprint density at radius 3 is 2.79 bits per heavy atom. The molecule has 1 aliphatic rings. The van der Waals surface area contributed by atoms with E-state index in [-0.39, 0.29) is 18.4 Å². The fraction of sp³-hybridized carbons (Fsp3) is 0.476. The van der Waals surface area contributed by atoms with Crippen LogP contribution in [0.25, 0.3) is 6.08 Å². The third-order valence-corrected chi connectivity index (χ3v) is 6.24. The van der Waals surface area contributed by atoms with Crippen LogP contribution in [0.1, 0.15) is 56.9 Å². The number of hydrogen-bond acceptors (Lipinski definition) is 3. The van der Waals surface area contributed by atoms with Crippen molar-refractivity contribution in [3.05, 3.63) is 52.4 Å². The average molecular weight is 426 g/mol. The maximum absolute atomic E-state index is 12.5. The molecule has 1 aromatic carbocycles. The van der Waals surface area contributed by atoms with Crippen LogP contribution in [0, 0.1) is 5.92 Å². The second-order valence-corrected chi connectivity index (χ2v) is 9.20. The Balaban J connectivity index is 1.89. The molecule has 28 heavy (non-hydrogen) atoms. The van der Waals surface area contributed by atoms with Crippen LogP contribution in [0.5, 0.6) is 0 Å². The summed E-state index contributed by atoms with van der Waals surface area (Å²) in [4.78, 5) is 10.5. The normalized spacial score (nSPS) is 20.8. The predicted octanol–water partition coefficient (Wildman–Crippen LogP) is 4.99. The monoisotopic (exact) mass is 425 g/mol. The fourth-order valence-corrected chi connectivity index (χ4v) is 4.78. The topological polar surface area (TPSA) is 83.5 Å². The zero-order valence-corrected chi connectivity index (χ0v) is 17.5. The third-order valence-electron chi connectivity index (χ3n) is 4.88. The van der Waals surface area contributed by atoms with Crippen molar-refractivity contribution in [1.82, 2.24) is 4.72 Å². The number of carboxylic acids is 1. The summed E-state index contributed by atoms with van der Waals surface area (Å²) in [6.07, 6.45) is 11.9. The number of nitrogens with one attached hydrogen (secondary N) is 1. The third kappa shape index (κ3) is 8.59. The zero-order chi connectivity index (χ0) is 20.4. The van der Waals surface area contributed by atoms with E-state index in [0.717, 1.165) is 44.1 Å². The van der Waals surface area contributed by atoms with Gasteiger partial charge in [0, 0.05) is 22.9 Å². The molecule has 2 atom stereocenters. The van der Waals surface area contributed by atoms with Crippen molar-refractivity contribution in [2.24, 2.45) is 5.92 Å². The molecule has 1 aliphatic carbocycles. The minimum atomic E-state index is -3.54. The lowest BCUT2D eigenvalue weighted by atomic mass is 9.83. The molecule has 0 heterocycles. The first-order chi connectivity index (χ1) is 13.4. The van der Waals surface area contributed by atoms with E-state index in [1.54, 1.807) is 30.3 Å². The molecule has 0 radical (unpaired) electrons. The summed E-state index contributed by atoms with van der Waals surface area (Å²) in [5.41, 5.74) is 0.738. The van der Waals surface area contributed by atoms with Gasteiger partial charge in [0.2, 0.25) is 10.0 Å². The van der Waals surface area contributed by atoms with Gasteiger partial charge in [0.05, 0.1) is 0 Å². The molecule has 1 aromatic rings. The summed E-state index contributed by atoms with van der Waals surface area (Å²) >= 11 is 5.93. The van der Waals surface area contributed by atoms with Gasteiger partial charge in [0.25, 0.3) is 0 Å². The molecule has 5 nitrogen and oxygen atoms in total. The van der Waals surface area contributed by atoms with E-state index < -0.39 is 16.0 Å². The van der Waals surface area contributed by atoms with Crippen LogP contribution in [0.15, 0.2) is 41.8 Å². The van der Waals surface area contributed by atoms with Crippen molar-refractivity contribution in [2.75, 3.05) is 0 Å². The van der Waals surface area contributed by atoms with Gasteiger partial charge in [-0.05, 0) is 61.8 Å². The SMILES string of the molecule is O=C(O)CCCC=CCC1CCCCC1NS(=O)(=O)C=Cc1cccc(Cl)c1. The molecule has 1 fully saturated rings. The maximum atomic E-state index is 12.5. The van der Waals surface area contributed by atoms with Crippen LogP contribution in [-0.2, 0) is 14.8 Å². The first-order valence-electron chi connectivity index (χ1n) is 9.68. The van der Waals surface area contributed by atoms with Crippen LogP contribution in [0.3, 0.4) is 0 Å². The molecule has 154 valence electrons. The maximum Gasteiger partial charge on any atom is 0.303 e. The number of carboxylic acid groups (broad SMARTS) is 1. The van der Waals surface area contributed by atoms with Crippen LogP contribution in [-0.4, -0.2) is 25.5 Å². The predicted molar refractivity (Wildman–Crippen MR) is 114 cm³/mol. The van der Waals surface area contributed by atoms with Crippen LogP contribution >= 0.6 is 11.6 Å². The number of carbonyl (C=O) groups is 1. The van der Waals surface area contributed by atoms with Crippen LogP contribution < -0.4 is 4.72 Å². The molecule has 2 unspecified atom stereocenters. The summed E-state index contributed by atoms with van der Waals surface area (Å²) in [5, 5.41) is 10.4. The second-order valence-electron chi connectivity index (χ2n) is 7.16. The average Bonchev–Trinajstić information content (AvgIpc) is 2.64. The molecule has 2 N–H and O–H groups in total. The molecule has 0 aliphatic heterocycles. The van der Waals surface area contributed by atoms with Gasteiger partial charge in [0.1, 0.15) is 0 Å². The van der Waals surface area contributed by atoms with E-state index in [9.17, 15) is 13.2 Å². The number of sulfonamides is 1. The Bertz CT molecular complexity index is 804. The van der Waals surface area contributed by atoms with Crippen LogP contribution in [0.4, 0.5) is 0 Å². The van der Waals surface area contributed by atoms with Gasteiger partial charge in [-0.2, -0.15) is 0 Å². The zero-order valence-electron chi connectivity index (χ0n) is 15.9. The van der Waals surface area contributed by atoms with Gasteiger partial charge in [0.15, 0.2) is 0 Å². The lowest BCUT2D eigenvalue weighted by Gasteiger charge is -2.31. The van der Waals surface area contributed by atoms with Crippen molar-refractivity contribution in [1.29, 1.82) is 0 Å². The highest BCUT2D eigenvalue weighted by molar-refractivity contribution is 7.92. The molecule has 0 saturated heterocycles. The van der Waals surface area contributed by atoms with Crippen molar-refractivity contribution in [2.45, 2.75) is 57.4 Å². The standard InChI is InChI=1S/C21H28ClNO4S/c22-19-11-7-8-17(16-19)14-15-28(26,27)23-20-12-6-5-10-18(20)9-3-1-2-4-13-21(24)25/h1,3,7-8,11,14-16,18,20,23H,2,4-6,9-10,12-13H2,(H,24,25). The Morgan fingerprint density at radius 2 is 2.04 bits per heavy atom. The molecule has 0 aromatic heterocycles. The molecule has 2 rings (SSSR count). The number of hydrogen-bond donors (Lipinski definition) is 2. The quantitative estimate of drug-likeness (QED) is 0.408. The molecular weight excluding hydrogens is 398 g/mol. The molecular formula is C21H28ClNO4S. The highest BCUT2D eigenvalue weighted by Gasteiger charge is 2.27. The van der Waals surface area contributed by atoms with Crippen molar-refractivity contribution in [3.63, 3.8) is 0 Å². The second kappa shape index (κ2) is 11.4. The highest BCUT2D eigenvalue weighted by Crippen LogP contribution is 2.28. The summed E-state index contributed by atoms with van der Waals surface area (Å²) in [5.74, 6) is -0.514. The Morgan fingerprint density at radius 1 is 1.25 bits per heavy atom. The van der Waals surface area contributed by atoms with Crippen molar-refractivity contribution in [3.8, 4) is 0 Å². The van der Waals surface area contributed by atoms with Crippen molar-refractivity contribution < 1.29 is 18.3 Å². The summed E-state index contributed by atoms with van der Waals surface area (Å²) in [7, 11) is -3.54. The smallest absolute Gasteiger partial charge is 0.303 e.